The Morgan fingerprint density at radius 1 is 1.50 bits per heavy atom. The topological polar surface area (TPSA) is 38.1 Å². The van der Waals surface area contributed by atoms with E-state index >= 15 is 0 Å². The molecule has 66 valence electrons. The number of rotatable bonds is 1. The smallest absolute Gasteiger partial charge is 0.136 e. The molecular formula is C8H11BrN2O. The molecule has 2 heterocycles. The fourth-order valence-electron chi connectivity index (χ4n) is 1.69. The standard InChI is InChI=1S/C8H11BrN2O/c9-8-6-3-1-2-4-11(6)7(5-12)10-8/h12H,1-5H2. The van der Waals surface area contributed by atoms with Gasteiger partial charge in [0.2, 0.25) is 0 Å². The molecule has 0 aromatic carbocycles. The molecule has 0 unspecified atom stereocenters. The second-order valence-corrected chi connectivity index (χ2v) is 3.78. The molecule has 1 aliphatic rings. The number of imidazole rings is 1. The summed E-state index contributed by atoms with van der Waals surface area (Å²) in [7, 11) is 0. The summed E-state index contributed by atoms with van der Waals surface area (Å²) >= 11 is 3.40. The fourth-order valence-corrected chi connectivity index (χ4v) is 2.31. The predicted octanol–water partition coefficient (Wildman–Crippen LogP) is 1.47. The molecule has 2 rings (SSSR count). The number of hydrogen-bond donors (Lipinski definition) is 1. The highest BCUT2D eigenvalue weighted by atomic mass is 79.9. The molecule has 0 radical (unpaired) electrons. The minimum atomic E-state index is 0.0403. The summed E-state index contributed by atoms with van der Waals surface area (Å²) in [5, 5.41) is 9.00. The predicted molar refractivity (Wildman–Crippen MR) is 48.8 cm³/mol. The Morgan fingerprint density at radius 3 is 3.08 bits per heavy atom. The molecule has 1 aromatic heterocycles. The average Bonchev–Trinajstić information content (AvgIpc) is 2.44. The first-order valence-electron chi connectivity index (χ1n) is 4.17. The van der Waals surface area contributed by atoms with E-state index in [4.69, 9.17) is 5.11 Å². The van der Waals surface area contributed by atoms with Gasteiger partial charge in [0.1, 0.15) is 17.0 Å². The molecule has 1 N–H and O–H groups in total. The van der Waals surface area contributed by atoms with Gasteiger partial charge < -0.3 is 9.67 Å². The molecule has 0 spiro atoms. The number of aliphatic hydroxyl groups excluding tert-OH is 1. The third-order valence-corrected chi connectivity index (χ3v) is 2.92. The van der Waals surface area contributed by atoms with Gasteiger partial charge in [0.25, 0.3) is 0 Å². The van der Waals surface area contributed by atoms with Crippen molar-refractivity contribution >= 4 is 15.9 Å². The number of aliphatic hydroxyl groups is 1. The molecule has 4 heteroatoms. The molecule has 12 heavy (non-hydrogen) atoms. The summed E-state index contributed by atoms with van der Waals surface area (Å²) in [6, 6.07) is 0. The Kier molecular flexibility index (Phi) is 2.19. The highest BCUT2D eigenvalue weighted by Gasteiger charge is 2.17. The molecule has 3 nitrogen and oxygen atoms in total. The van der Waals surface area contributed by atoms with Gasteiger partial charge in [-0.25, -0.2) is 4.98 Å². The Labute approximate surface area is 79.6 Å². The molecule has 0 atom stereocenters. The van der Waals surface area contributed by atoms with Gasteiger partial charge >= 0.3 is 0 Å². The molecule has 1 aliphatic heterocycles. The zero-order valence-electron chi connectivity index (χ0n) is 6.76. The van der Waals surface area contributed by atoms with Gasteiger partial charge in [0.05, 0.1) is 5.69 Å². The number of aromatic nitrogens is 2. The lowest BCUT2D eigenvalue weighted by Crippen LogP contribution is -2.12. The maximum absolute atomic E-state index is 9.00. The number of fused-ring (bicyclic) bond motifs is 1. The normalized spacial score (nSPS) is 16.2. The summed E-state index contributed by atoms with van der Waals surface area (Å²) < 4.78 is 3.03. The zero-order chi connectivity index (χ0) is 8.55. The maximum atomic E-state index is 9.00. The van der Waals surface area contributed by atoms with Crippen molar-refractivity contribution < 1.29 is 5.11 Å². The van der Waals surface area contributed by atoms with Gasteiger partial charge in [-0.15, -0.1) is 0 Å². The quantitative estimate of drug-likeness (QED) is 0.794. The molecule has 0 amide bonds. The van der Waals surface area contributed by atoms with Crippen LogP contribution in [0.25, 0.3) is 0 Å². The third kappa shape index (κ3) is 1.19. The van der Waals surface area contributed by atoms with Gasteiger partial charge in [-0.3, -0.25) is 0 Å². The molecule has 0 aliphatic carbocycles. The number of hydrogen-bond acceptors (Lipinski definition) is 2. The average molecular weight is 231 g/mol. The molecular weight excluding hydrogens is 220 g/mol. The SMILES string of the molecule is OCc1nc(Br)c2n1CCCC2. The van der Waals surface area contributed by atoms with E-state index in [0.717, 1.165) is 23.4 Å². The van der Waals surface area contributed by atoms with E-state index in [-0.39, 0.29) is 6.61 Å². The molecule has 0 saturated carbocycles. The van der Waals surface area contributed by atoms with Crippen LogP contribution in [0.3, 0.4) is 0 Å². The highest BCUT2D eigenvalue weighted by Crippen LogP contribution is 2.24. The Balaban J connectivity index is 2.47. The van der Waals surface area contributed by atoms with Crippen molar-refractivity contribution in [3.8, 4) is 0 Å². The molecule has 0 saturated heterocycles. The van der Waals surface area contributed by atoms with Gasteiger partial charge in [0.15, 0.2) is 0 Å². The Bertz CT molecular complexity index is 295. The van der Waals surface area contributed by atoms with Crippen molar-refractivity contribution in [2.75, 3.05) is 0 Å². The maximum Gasteiger partial charge on any atom is 0.136 e. The van der Waals surface area contributed by atoms with Crippen LogP contribution in [0.5, 0.6) is 0 Å². The summed E-state index contributed by atoms with van der Waals surface area (Å²) in [5.41, 5.74) is 1.24. The van der Waals surface area contributed by atoms with E-state index in [2.05, 4.69) is 25.5 Å². The second-order valence-electron chi connectivity index (χ2n) is 3.03. The third-order valence-electron chi connectivity index (χ3n) is 2.29. The summed E-state index contributed by atoms with van der Waals surface area (Å²) in [6.45, 7) is 1.04. The first kappa shape index (κ1) is 8.26. The van der Waals surface area contributed by atoms with Gasteiger partial charge in [-0.05, 0) is 35.2 Å². The van der Waals surface area contributed by atoms with Crippen molar-refractivity contribution in [1.29, 1.82) is 0 Å². The van der Waals surface area contributed by atoms with Gasteiger partial charge in [0, 0.05) is 6.54 Å². The summed E-state index contributed by atoms with van der Waals surface area (Å²) in [5.74, 6) is 0.788. The number of nitrogens with zero attached hydrogens (tertiary/aromatic N) is 2. The lowest BCUT2D eigenvalue weighted by Gasteiger charge is -2.15. The van der Waals surface area contributed by atoms with E-state index in [9.17, 15) is 0 Å². The fraction of sp³-hybridized carbons (Fsp3) is 0.625. The van der Waals surface area contributed by atoms with Gasteiger partial charge in [-0.1, -0.05) is 0 Å². The van der Waals surface area contributed by atoms with Crippen molar-refractivity contribution in [2.45, 2.75) is 32.4 Å². The second kappa shape index (κ2) is 3.18. The molecule has 0 bridgehead atoms. The van der Waals surface area contributed by atoms with E-state index in [1.165, 1.54) is 18.5 Å². The van der Waals surface area contributed by atoms with E-state index in [1.807, 2.05) is 0 Å². The minimum Gasteiger partial charge on any atom is -0.388 e. The van der Waals surface area contributed by atoms with Crippen molar-refractivity contribution in [2.24, 2.45) is 0 Å². The summed E-state index contributed by atoms with van der Waals surface area (Å²) in [4.78, 5) is 4.24. The van der Waals surface area contributed by atoms with Crippen LogP contribution in [0.1, 0.15) is 24.4 Å². The monoisotopic (exact) mass is 230 g/mol. The van der Waals surface area contributed by atoms with Crippen molar-refractivity contribution in [3.63, 3.8) is 0 Å². The van der Waals surface area contributed by atoms with E-state index in [1.54, 1.807) is 0 Å². The van der Waals surface area contributed by atoms with Crippen LogP contribution in [-0.2, 0) is 19.6 Å². The van der Waals surface area contributed by atoms with Crippen LogP contribution in [0, 0.1) is 0 Å². The van der Waals surface area contributed by atoms with Gasteiger partial charge in [-0.2, -0.15) is 0 Å². The van der Waals surface area contributed by atoms with E-state index in [0.29, 0.717) is 0 Å². The summed E-state index contributed by atoms with van der Waals surface area (Å²) in [6.07, 6.45) is 3.51. The number of halogens is 1. The minimum absolute atomic E-state index is 0.0403. The Hall–Kier alpha value is -0.350. The van der Waals surface area contributed by atoms with E-state index < -0.39 is 0 Å². The van der Waals surface area contributed by atoms with Crippen molar-refractivity contribution in [1.82, 2.24) is 9.55 Å². The molecule has 0 fully saturated rings. The first-order valence-corrected chi connectivity index (χ1v) is 4.97. The molecule has 1 aromatic rings. The Morgan fingerprint density at radius 2 is 2.33 bits per heavy atom. The largest absolute Gasteiger partial charge is 0.388 e. The highest BCUT2D eigenvalue weighted by molar-refractivity contribution is 9.10. The zero-order valence-corrected chi connectivity index (χ0v) is 8.34. The first-order chi connectivity index (χ1) is 5.83. The van der Waals surface area contributed by atoms with Crippen molar-refractivity contribution in [3.05, 3.63) is 16.1 Å². The van der Waals surface area contributed by atoms with Crippen LogP contribution in [0.2, 0.25) is 0 Å². The van der Waals surface area contributed by atoms with Crippen LogP contribution in [-0.4, -0.2) is 14.7 Å². The van der Waals surface area contributed by atoms with Crippen LogP contribution < -0.4 is 0 Å². The van der Waals surface area contributed by atoms with Crippen LogP contribution >= 0.6 is 15.9 Å². The van der Waals surface area contributed by atoms with Crippen LogP contribution in [0.15, 0.2) is 4.60 Å². The lowest BCUT2D eigenvalue weighted by molar-refractivity contribution is 0.262. The lowest BCUT2D eigenvalue weighted by atomic mass is 10.1. The van der Waals surface area contributed by atoms with Crippen LogP contribution in [0.4, 0.5) is 0 Å².